The highest BCUT2D eigenvalue weighted by atomic mass is 15.2. The maximum Gasteiger partial charge on any atom is 0.0480 e. The predicted molar refractivity (Wildman–Crippen MR) is 82.5 cm³/mol. The van der Waals surface area contributed by atoms with Gasteiger partial charge in [-0.15, -0.1) is 0 Å². The summed E-state index contributed by atoms with van der Waals surface area (Å²) in [4.78, 5) is 2.61. The van der Waals surface area contributed by atoms with E-state index in [2.05, 4.69) is 51.7 Å². The van der Waals surface area contributed by atoms with Crippen molar-refractivity contribution in [2.45, 2.75) is 59.0 Å². The molecule has 1 fully saturated rings. The summed E-state index contributed by atoms with van der Waals surface area (Å²) in [5, 5.41) is 0. The van der Waals surface area contributed by atoms with Crippen LogP contribution in [0.3, 0.4) is 0 Å². The first kappa shape index (κ1) is 14.5. The van der Waals surface area contributed by atoms with E-state index in [1.807, 2.05) is 0 Å². The van der Waals surface area contributed by atoms with E-state index in [0.29, 0.717) is 12.6 Å². The first-order valence-electron chi connectivity index (χ1n) is 7.41. The number of likely N-dealkylation sites (tertiary alicyclic amines) is 1. The van der Waals surface area contributed by atoms with Gasteiger partial charge in [0.15, 0.2) is 0 Å². The smallest absolute Gasteiger partial charge is 0.0480 e. The molecule has 2 nitrogen and oxygen atoms in total. The monoisotopic (exact) mass is 260 g/mol. The number of hydrogen-bond acceptors (Lipinski definition) is 2. The van der Waals surface area contributed by atoms with Crippen LogP contribution in [0.1, 0.15) is 55.0 Å². The number of rotatable bonds is 3. The lowest BCUT2D eigenvalue weighted by Gasteiger charge is -2.39. The second-order valence-electron chi connectivity index (χ2n) is 6.67. The Morgan fingerprint density at radius 2 is 1.79 bits per heavy atom. The standard InChI is InChI=1S/C17H28N2/c1-12-9-13(2)16(14(3)10-12)15(11-18)19-8-6-7-17(19,4)5/h9-10,15H,6-8,11,18H2,1-5H3. The Balaban J connectivity index is 2.43. The van der Waals surface area contributed by atoms with Crippen LogP contribution in [0.4, 0.5) is 0 Å². The van der Waals surface area contributed by atoms with Gasteiger partial charge in [0.05, 0.1) is 0 Å². The molecular weight excluding hydrogens is 232 g/mol. The van der Waals surface area contributed by atoms with Gasteiger partial charge in [0.25, 0.3) is 0 Å². The molecule has 0 radical (unpaired) electrons. The van der Waals surface area contributed by atoms with Gasteiger partial charge < -0.3 is 5.73 Å². The van der Waals surface area contributed by atoms with Crippen molar-refractivity contribution >= 4 is 0 Å². The van der Waals surface area contributed by atoms with E-state index in [1.165, 1.54) is 41.6 Å². The molecule has 1 unspecified atom stereocenters. The van der Waals surface area contributed by atoms with Crippen molar-refractivity contribution in [2.24, 2.45) is 5.73 Å². The lowest BCUT2D eigenvalue weighted by Crippen LogP contribution is -2.44. The Hall–Kier alpha value is -0.860. The molecule has 1 heterocycles. The summed E-state index contributed by atoms with van der Waals surface area (Å²) < 4.78 is 0. The van der Waals surface area contributed by atoms with Crippen molar-refractivity contribution < 1.29 is 0 Å². The third kappa shape index (κ3) is 2.70. The van der Waals surface area contributed by atoms with Crippen molar-refractivity contribution in [3.05, 3.63) is 34.4 Å². The zero-order valence-corrected chi connectivity index (χ0v) is 13.1. The predicted octanol–water partition coefficient (Wildman–Crippen LogP) is 3.49. The van der Waals surface area contributed by atoms with E-state index in [9.17, 15) is 0 Å². The van der Waals surface area contributed by atoms with Crippen LogP contribution >= 0.6 is 0 Å². The number of aryl methyl sites for hydroxylation is 3. The molecule has 2 heteroatoms. The Labute approximate surface area is 118 Å². The highest BCUT2D eigenvalue weighted by molar-refractivity contribution is 5.40. The van der Waals surface area contributed by atoms with Gasteiger partial charge in [-0.1, -0.05) is 17.7 Å². The zero-order chi connectivity index (χ0) is 14.2. The van der Waals surface area contributed by atoms with Gasteiger partial charge in [-0.25, -0.2) is 0 Å². The lowest BCUT2D eigenvalue weighted by molar-refractivity contribution is 0.118. The van der Waals surface area contributed by atoms with Gasteiger partial charge in [0.2, 0.25) is 0 Å². The van der Waals surface area contributed by atoms with E-state index < -0.39 is 0 Å². The SMILES string of the molecule is Cc1cc(C)c(C(CN)N2CCCC2(C)C)c(C)c1. The van der Waals surface area contributed by atoms with Crippen LogP contribution in [-0.4, -0.2) is 23.5 Å². The summed E-state index contributed by atoms with van der Waals surface area (Å²) >= 11 is 0. The molecule has 1 saturated heterocycles. The van der Waals surface area contributed by atoms with Gasteiger partial charge in [-0.2, -0.15) is 0 Å². The molecule has 1 atom stereocenters. The Bertz CT molecular complexity index is 439. The first-order chi connectivity index (χ1) is 8.86. The van der Waals surface area contributed by atoms with Crippen LogP contribution in [0.15, 0.2) is 12.1 Å². The van der Waals surface area contributed by atoms with Crippen LogP contribution < -0.4 is 5.73 Å². The van der Waals surface area contributed by atoms with Crippen LogP contribution in [0, 0.1) is 20.8 Å². The molecule has 0 aliphatic carbocycles. The molecule has 2 rings (SSSR count). The maximum absolute atomic E-state index is 6.14. The van der Waals surface area contributed by atoms with Crippen LogP contribution in [0.25, 0.3) is 0 Å². The van der Waals surface area contributed by atoms with Gasteiger partial charge in [0, 0.05) is 18.1 Å². The van der Waals surface area contributed by atoms with E-state index in [-0.39, 0.29) is 5.54 Å². The summed E-state index contributed by atoms with van der Waals surface area (Å²) in [7, 11) is 0. The normalized spacial score (nSPS) is 20.7. The minimum atomic E-state index is 0.272. The third-order valence-electron chi connectivity index (χ3n) is 4.64. The van der Waals surface area contributed by atoms with E-state index in [1.54, 1.807) is 0 Å². The van der Waals surface area contributed by atoms with Crippen molar-refractivity contribution in [3.63, 3.8) is 0 Å². The summed E-state index contributed by atoms with van der Waals surface area (Å²) in [5.41, 5.74) is 12.0. The highest BCUT2D eigenvalue weighted by Gasteiger charge is 2.37. The van der Waals surface area contributed by atoms with Crippen molar-refractivity contribution in [2.75, 3.05) is 13.1 Å². The van der Waals surface area contributed by atoms with Crippen molar-refractivity contribution in [3.8, 4) is 0 Å². The van der Waals surface area contributed by atoms with Crippen molar-refractivity contribution in [1.82, 2.24) is 4.90 Å². The molecule has 1 aliphatic rings. The Morgan fingerprint density at radius 3 is 2.21 bits per heavy atom. The molecule has 0 bridgehead atoms. The summed E-state index contributed by atoms with van der Waals surface area (Å²) in [5.74, 6) is 0. The molecule has 1 aliphatic heterocycles. The minimum absolute atomic E-state index is 0.272. The lowest BCUT2D eigenvalue weighted by atomic mass is 9.91. The largest absolute Gasteiger partial charge is 0.329 e. The second kappa shape index (κ2) is 5.26. The number of nitrogens with two attached hydrogens (primary N) is 1. The molecule has 0 saturated carbocycles. The van der Waals surface area contributed by atoms with Gasteiger partial charge >= 0.3 is 0 Å². The molecular formula is C17H28N2. The summed E-state index contributed by atoms with van der Waals surface area (Å²) in [6, 6.07) is 4.93. The third-order valence-corrected chi connectivity index (χ3v) is 4.64. The van der Waals surface area contributed by atoms with Crippen LogP contribution in [0.5, 0.6) is 0 Å². The fourth-order valence-electron chi connectivity index (χ4n) is 3.82. The van der Waals surface area contributed by atoms with Crippen LogP contribution in [-0.2, 0) is 0 Å². The molecule has 0 amide bonds. The van der Waals surface area contributed by atoms with Gasteiger partial charge in [0.1, 0.15) is 0 Å². The van der Waals surface area contributed by atoms with Gasteiger partial charge in [-0.05, 0) is 70.7 Å². The second-order valence-corrected chi connectivity index (χ2v) is 6.67. The Morgan fingerprint density at radius 1 is 1.21 bits per heavy atom. The molecule has 1 aromatic rings. The molecule has 0 spiro atoms. The molecule has 106 valence electrons. The minimum Gasteiger partial charge on any atom is -0.329 e. The van der Waals surface area contributed by atoms with Crippen LogP contribution in [0.2, 0.25) is 0 Å². The number of benzene rings is 1. The molecule has 19 heavy (non-hydrogen) atoms. The molecule has 2 N–H and O–H groups in total. The summed E-state index contributed by atoms with van der Waals surface area (Å²) in [6.07, 6.45) is 2.56. The fourth-order valence-corrected chi connectivity index (χ4v) is 3.82. The zero-order valence-electron chi connectivity index (χ0n) is 13.1. The highest BCUT2D eigenvalue weighted by Crippen LogP contribution is 2.38. The topological polar surface area (TPSA) is 29.3 Å². The average Bonchev–Trinajstić information content (AvgIpc) is 2.63. The Kier molecular flexibility index (Phi) is 4.03. The van der Waals surface area contributed by atoms with E-state index >= 15 is 0 Å². The van der Waals surface area contributed by atoms with E-state index in [0.717, 1.165) is 0 Å². The quantitative estimate of drug-likeness (QED) is 0.901. The average molecular weight is 260 g/mol. The molecule has 1 aromatic carbocycles. The summed E-state index contributed by atoms with van der Waals surface area (Å²) in [6.45, 7) is 13.2. The fraction of sp³-hybridized carbons (Fsp3) is 0.647. The number of hydrogen-bond donors (Lipinski definition) is 1. The van der Waals surface area contributed by atoms with E-state index in [4.69, 9.17) is 5.73 Å². The van der Waals surface area contributed by atoms with Gasteiger partial charge in [-0.3, -0.25) is 4.90 Å². The molecule has 0 aromatic heterocycles. The first-order valence-corrected chi connectivity index (χ1v) is 7.41. The van der Waals surface area contributed by atoms with Crippen molar-refractivity contribution in [1.29, 1.82) is 0 Å². The number of nitrogens with zero attached hydrogens (tertiary/aromatic N) is 1. The maximum atomic E-state index is 6.14.